The molecule has 2 aromatic rings. The third kappa shape index (κ3) is 3.25. The molecular formula is C16H15BrN2O3S. The van der Waals surface area contributed by atoms with Crippen molar-refractivity contribution in [2.45, 2.75) is 12.5 Å². The van der Waals surface area contributed by atoms with E-state index in [9.17, 15) is 13.2 Å². The molecule has 0 saturated heterocycles. The van der Waals surface area contributed by atoms with Crippen molar-refractivity contribution < 1.29 is 13.2 Å². The van der Waals surface area contributed by atoms with Crippen molar-refractivity contribution in [1.82, 2.24) is 0 Å². The molecule has 1 aliphatic heterocycles. The van der Waals surface area contributed by atoms with E-state index < -0.39 is 16.1 Å². The Bertz CT molecular complexity index is 850. The molecule has 1 N–H and O–H groups in total. The van der Waals surface area contributed by atoms with Gasteiger partial charge >= 0.3 is 0 Å². The molecular weight excluding hydrogens is 380 g/mol. The number of fused-ring (bicyclic) bond motifs is 1. The van der Waals surface area contributed by atoms with Gasteiger partial charge in [-0.15, -0.1) is 0 Å². The molecule has 0 bridgehead atoms. The van der Waals surface area contributed by atoms with Crippen LogP contribution < -0.4 is 9.62 Å². The van der Waals surface area contributed by atoms with Crippen molar-refractivity contribution in [1.29, 1.82) is 0 Å². The average molecular weight is 395 g/mol. The van der Waals surface area contributed by atoms with Gasteiger partial charge in [-0.1, -0.05) is 40.2 Å². The topological polar surface area (TPSA) is 66.5 Å². The minimum atomic E-state index is -3.56. The molecule has 1 unspecified atom stereocenters. The molecule has 1 amide bonds. The van der Waals surface area contributed by atoms with Crippen molar-refractivity contribution in [3.05, 3.63) is 58.6 Å². The third-order valence-electron chi connectivity index (χ3n) is 3.69. The minimum Gasteiger partial charge on any atom is -0.324 e. The maximum atomic E-state index is 12.4. The van der Waals surface area contributed by atoms with E-state index in [2.05, 4.69) is 21.2 Å². The fraction of sp³-hybridized carbons (Fsp3) is 0.188. The van der Waals surface area contributed by atoms with E-state index in [0.717, 1.165) is 16.3 Å². The van der Waals surface area contributed by atoms with Crippen molar-refractivity contribution in [3.63, 3.8) is 0 Å². The second-order valence-electron chi connectivity index (χ2n) is 5.40. The first-order chi connectivity index (χ1) is 10.9. The lowest BCUT2D eigenvalue weighted by Crippen LogP contribution is -2.34. The molecule has 2 aromatic carbocycles. The van der Waals surface area contributed by atoms with E-state index in [0.29, 0.717) is 11.4 Å². The van der Waals surface area contributed by atoms with Gasteiger partial charge < -0.3 is 5.32 Å². The second-order valence-corrected chi connectivity index (χ2v) is 8.17. The number of sulfonamides is 1. The van der Waals surface area contributed by atoms with Gasteiger partial charge in [0.1, 0.15) is 0 Å². The highest BCUT2D eigenvalue weighted by Gasteiger charge is 2.34. The van der Waals surface area contributed by atoms with Crippen LogP contribution in [0.3, 0.4) is 0 Å². The van der Waals surface area contributed by atoms with Crippen LogP contribution in [0.4, 0.5) is 11.4 Å². The molecule has 1 atom stereocenters. The lowest BCUT2D eigenvalue weighted by atomic mass is 10.0. The first-order valence-corrected chi connectivity index (χ1v) is 9.64. The zero-order chi connectivity index (χ0) is 16.6. The van der Waals surface area contributed by atoms with Crippen molar-refractivity contribution in [2.75, 3.05) is 15.9 Å². The number of nitrogens with one attached hydrogen (secondary N) is 1. The summed E-state index contributed by atoms with van der Waals surface area (Å²) in [5.41, 5.74) is 1.75. The summed E-state index contributed by atoms with van der Waals surface area (Å²) in [6.45, 7) is 0. The van der Waals surface area contributed by atoms with E-state index in [4.69, 9.17) is 0 Å². The van der Waals surface area contributed by atoms with Crippen LogP contribution in [0, 0.1) is 0 Å². The number of hydrogen-bond donors (Lipinski definition) is 1. The Kier molecular flexibility index (Phi) is 4.16. The van der Waals surface area contributed by atoms with Gasteiger partial charge in [0.05, 0.1) is 30.1 Å². The summed E-state index contributed by atoms with van der Waals surface area (Å²) < 4.78 is 27.1. The zero-order valence-electron chi connectivity index (χ0n) is 12.4. The Labute approximate surface area is 143 Å². The maximum absolute atomic E-state index is 12.4. The van der Waals surface area contributed by atoms with Gasteiger partial charge in [-0.3, -0.25) is 9.10 Å². The fourth-order valence-electron chi connectivity index (χ4n) is 2.75. The number of amides is 1. The van der Waals surface area contributed by atoms with Gasteiger partial charge in [0.25, 0.3) is 0 Å². The van der Waals surface area contributed by atoms with Crippen LogP contribution in [-0.4, -0.2) is 20.6 Å². The predicted octanol–water partition coefficient (Wildman–Crippen LogP) is 3.30. The Morgan fingerprint density at radius 1 is 1.13 bits per heavy atom. The lowest BCUT2D eigenvalue weighted by molar-refractivity contribution is -0.116. The number of rotatable bonds is 2. The van der Waals surface area contributed by atoms with Crippen LogP contribution in [-0.2, 0) is 14.8 Å². The lowest BCUT2D eigenvalue weighted by Gasteiger charge is -2.30. The second kappa shape index (κ2) is 5.98. The number of para-hydroxylation sites is 2. The summed E-state index contributed by atoms with van der Waals surface area (Å²) in [5, 5.41) is 2.78. The zero-order valence-corrected chi connectivity index (χ0v) is 14.8. The predicted molar refractivity (Wildman–Crippen MR) is 93.9 cm³/mol. The fourth-order valence-corrected chi connectivity index (χ4v) is 4.19. The number of benzene rings is 2. The van der Waals surface area contributed by atoms with Crippen LogP contribution >= 0.6 is 15.9 Å². The number of carbonyl (C=O) groups is 1. The highest BCUT2D eigenvalue weighted by atomic mass is 79.9. The SMILES string of the molecule is CS(=O)(=O)N1c2ccccc2NC(=O)CC1c1ccc(Br)cc1. The molecule has 5 nitrogen and oxygen atoms in total. The number of hydrogen-bond acceptors (Lipinski definition) is 3. The highest BCUT2D eigenvalue weighted by molar-refractivity contribution is 9.10. The average Bonchev–Trinajstić information content (AvgIpc) is 2.63. The quantitative estimate of drug-likeness (QED) is 0.849. The molecule has 7 heteroatoms. The van der Waals surface area contributed by atoms with E-state index in [-0.39, 0.29) is 12.3 Å². The molecule has 120 valence electrons. The van der Waals surface area contributed by atoms with Gasteiger partial charge in [-0.2, -0.15) is 0 Å². The van der Waals surface area contributed by atoms with Gasteiger partial charge in [0.15, 0.2) is 0 Å². The summed E-state index contributed by atoms with van der Waals surface area (Å²) in [4.78, 5) is 12.2. The molecule has 1 aliphatic rings. The Morgan fingerprint density at radius 3 is 2.43 bits per heavy atom. The number of nitrogens with zero attached hydrogens (tertiary/aromatic N) is 1. The molecule has 23 heavy (non-hydrogen) atoms. The van der Waals surface area contributed by atoms with E-state index >= 15 is 0 Å². The van der Waals surface area contributed by atoms with Crippen LogP contribution in [0.25, 0.3) is 0 Å². The van der Waals surface area contributed by atoms with Gasteiger partial charge in [-0.05, 0) is 29.8 Å². The van der Waals surface area contributed by atoms with Crippen molar-refractivity contribution in [3.8, 4) is 0 Å². The maximum Gasteiger partial charge on any atom is 0.232 e. The van der Waals surface area contributed by atoms with Crippen molar-refractivity contribution in [2.24, 2.45) is 0 Å². The third-order valence-corrected chi connectivity index (χ3v) is 5.38. The largest absolute Gasteiger partial charge is 0.324 e. The van der Waals surface area contributed by atoms with Crippen molar-refractivity contribution >= 4 is 43.2 Å². The molecule has 0 saturated carbocycles. The monoisotopic (exact) mass is 394 g/mol. The molecule has 0 spiro atoms. The smallest absolute Gasteiger partial charge is 0.232 e. The Hall–Kier alpha value is -1.86. The molecule has 0 radical (unpaired) electrons. The highest BCUT2D eigenvalue weighted by Crippen LogP contribution is 2.39. The number of halogens is 1. The minimum absolute atomic E-state index is 0.0589. The first kappa shape index (κ1) is 16.0. The summed E-state index contributed by atoms with van der Waals surface area (Å²) in [6, 6.07) is 13.7. The van der Waals surface area contributed by atoms with Gasteiger partial charge in [-0.25, -0.2) is 8.42 Å². The van der Waals surface area contributed by atoms with Crippen LogP contribution in [0.5, 0.6) is 0 Å². The number of carbonyl (C=O) groups excluding carboxylic acids is 1. The number of anilines is 2. The van der Waals surface area contributed by atoms with E-state index in [1.807, 2.05) is 24.3 Å². The van der Waals surface area contributed by atoms with Crippen LogP contribution in [0.15, 0.2) is 53.0 Å². The molecule has 0 aromatic heterocycles. The first-order valence-electron chi connectivity index (χ1n) is 7.00. The van der Waals surface area contributed by atoms with Gasteiger partial charge in [0.2, 0.25) is 15.9 Å². The van der Waals surface area contributed by atoms with E-state index in [1.165, 1.54) is 4.31 Å². The Balaban J connectivity index is 2.20. The molecule has 1 heterocycles. The van der Waals surface area contributed by atoms with Crippen LogP contribution in [0.2, 0.25) is 0 Å². The van der Waals surface area contributed by atoms with Crippen LogP contribution in [0.1, 0.15) is 18.0 Å². The Morgan fingerprint density at radius 2 is 1.78 bits per heavy atom. The standard InChI is InChI=1S/C16H15BrN2O3S/c1-23(21,22)19-14-5-3-2-4-13(14)18-16(20)10-15(19)11-6-8-12(17)9-7-11/h2-9,15H,10H2,1H3,(H,18,20). The molecule has 0 fully saturated rings. The normalized spacial score (nSPS) is 18.1. The summed E-state index contributed by atoms with van der Waals surface area (Å²) in [5.74, 6) is -0.212. The van der Waals surface area contributed by atoms with Gasteiger partial charge in [0, 0.05) is 4.47 Å². The summed E-state index contributed by atoms with van der Waals surface area (Å²) in [7, 11) is -3.56. The summed E-state index contributed by atoms with van der Waals surface area (Å²) >= 11 is 3.37. The summed E-state index contributed by atoms with van der Waals surface area (Å²) in [6.07, 6.45) is 1.22. The van der Waals surface area contributed by atoms with E-state index in [1.54, 1.807) is 24.3 Å². The molecule has 0 aliphatic carbocycles. The molecule has 3 rings (SSSR count).